The highest BCUT2D eigenvalue weighted by Gasteiger charge is 2.30. The molecule has 0 aliphatic heterocycles. The topological polar surface area (TPSA) is 85.4 Å². The number of nitrogens with one attached hydrogen (secondary N) is 2. The minimum absolute atomic E-state index is 0.294. The van der Waals surface area contributed by atoms with E-state index in [1.54, 1.807) is 30.3 Å². The quantitative estimate of drug-likeness (QED) is 0.0867. The lowest BCUT2D eigenvalue weighted by atomic mass is 10.1. The molecule has 4 aromatic rings. The van der Waals surface area contributed by atoms with Crippen molar-refractivity contribution in [2.24, 2.45) is 0 Å². The van der Waals surface area contributed by atoms with Crippen LogP contribution in [0.25, 0.3) is 10.9 Å². The zero-order valence-corrected chi connectivity index (χ0v) is 23.6. The van der Waals surface area contributed by atoms with Crippen molar-refractivity contribution >= 4 is 62.5 Å². The summed E-state index contributed by atoms with van der Waals surface area (Å²) in [7, 11) is 0. The predicted molar refractivity (Wildman–Crippen MR) is 155 cm³/mol. The Hall–Kier alpha value is -3.46. The van der Waals surface area contributed by atoms with Crippen LogP contribution in [0.5, 0.6) is 11.5 Å². The van der Waals surface area contributed by atoms with E-state index in [0.717, 1.165) is 17.7 Å². The van der Waals surface area contributed by atoms with Gasteiger partial charge in [-0.25, -0.2) is 9.97 Å². The first-order valence-corrected chi connectivity index (χ1v) is 15.5. The molecule has 0 aliphatic rings. The third kappa shape index (κ3) is 8.02. The fraction of sp³-hybridized carbons (Fsp3) is 0.148. The van der Waals surface area contributed by atoms with Crippen LogP contribution in [0, 0.1) is 18.8 Å². The van der Waals surface area contributed by atoms with Crippen LogP contribution in [0.15, 0.2) is 67.0 Å². The molecule has 3 aromatic carbocycles. The normalized spacial score (nSPS) is 11.3. The van der Waals surface area contributed by atoms with Gasteiger partial charge in [0, 0.05) is 23.2 Å². The molecule has 0 bridgehead atoms. The molecule has 1 atom stereocenters. The first-order valence-electron chi connectivity index (χ1n) is 11.5. The summed E-state index contributed by atoms with van der Waals surface area (Å²) in [5, 5.41) is 6.69. The van der Waals surface area contributed by atoms with Crippen molar-refractivity contribution in [2.75, 3.05) is 17.2 Å². The molecule has 0 saturated heterocycles. The number of amides is 1. The minimum Gasteiger partial charge on any atom is -0.457 e. The summed E-state index contributed by atoms with van der Waals surface area (Å²) in [5.41, 5.74) is 1.95. The molecule has 1 unspecified atom stereocenters. The SMILES string of the molecule is Cc1cc(Nc2ncnc3ccc(NC(=O)C#CCCOPI)cc23)ccc1Oc1ccc(C(F)(F)F)cc1. The number of benzene rings is 3. The Kier molecular flexibility index (Phi) is 9.56. The summed E-state index contributed by atoms with van der Waals surface area (Å²) >= 11 is 2.12. The summed E-state index contributed by atoms with van der Waals surface area (Å²) in [6.45, 7) is 2.66. The molecule has 39 heavy (non-hydrogen) atoms. The molecule has 1 amide bonds. The zero-order valence-electron chi connectivity index (χ0n) is 20.4. The number of carbonyl (C=O) groups is 1. The van der Waals surface area contributed by atoms with E-state index in [9.17, 15) is 18.0 Å². The van der Waals surface area contributed by atoms with Crippen LogP contribution in [0.2, 0.25) is 0 Å². The first kappa shape index (κ1) is 28.5. The molecule has 0 spiro atoms. The second-order valence-corrected chi connectivity index (χ2v) is 9.88. The van der Waals surface area contributed by atoms with Gasteiger partial charge in [-0.1, -0.05) is 5.92 Å². The number of nitrogens with zero attached hydrogens (tertiary/aromatic N) is 2. The van der Waals surface area contributed by atoms with Crippen LogP contribution in [0.1, 0.15) is 17.5 Å². The van der Waals surface area contributed by atoms with Crippen LogP contribution in [0.4, 0.5) is 30.4 Å². The molecule has 1 heterocycles. The van der Waals surface area contributed by atoms with E-state index in [4.69, 9.17) is 9.26 Å². The lowest BCUT2D eigenvalue weighted by Crippen LogP contribution is -2.08. The average Bonchev–Trinajstić information content (AvgIpc) is 2.90. The Morgan fingerprint density at radius 1 is 1.05 bits per heavy atom. The van der Waals surface area contributed by atoms with Gasteiger partial charge in [0.1, 0.15) is 23.6 Å². The fourth-order valence-corrected chi connectivity index (χ4v) is 4.34. The van der Waals surface area contributed by atoms with Crippen molar-refractivity contribution in [3.8, 4) is 23.3 Å². The molecule has 0 aliphatic carbocycles. The van der Waals surface area contributed by atoms with Crippen LogP contribution in [-0.4, -0.2) is 22.5 Å². The van der Waals surface area contributed by atoms with E-state index in [2.05, 4.69) is 54.5 Å². The second kappa shape index (κ2) is 13.1. The highest BCUT2D eigenvalue weighted by atomic mass is 127. The average molecular weight is 664 g/mol. The van der Waals surface area contributed by atoms with Crippen molar-refractivity contribution in [3.05, 3.63) is 78.1 Å². The van der Waals surface area contributed by atoms with E-state index >= 15 is 0 Å². The Balaban J connectivity index is 1.47. The Labute approximate surface area is 237 Å². The number of halogens is 4. The number of alkyl halides is 3. The molecule has 7 nitrogen and oxygen atoms in total. The molecule has 12 heteroatoms. The standard InChI is InChI=1S/C27H21F3IN4O3P/c1-17-14-19(8-12-24(17)38-21-9-5-18(6-10-21)27(28,29)30)35-26-22-15-20(7-11-23(22)32-16-33-26)34-25(36)4-2-3-13-37-39-31/h5-12,14-16,39H,3,13H2,1H3,(H,34,36)(H,32,33,35). The van der Waals surface area contributed by atoms with Crippen LogP contribution >= 0.6 is 28.5 Å². The summed E-state index contributed by atoms with van der Waals surface area (Å²) in [4.78, 5) is 20.8. The van der Waals surface area contributed by atoms with Crippen molar-refractivity contribution < 1.29 is 27.2 Å². The maximum Gasteiger partial charge on any atom is 0.416 e. The van der Waals surface area contributed by atoms with E-state index in [-0.39, 0.29) is 0 Å². The van der Waals surface area contributed by atoms with Crippen LogP contribution in [-0.2, 0) is 15.5 Å². The lowest BCUT2D eigenvalue weighted by molar-refractivity contribution is -0.137. The van der Waals surface area contributed by atoms with Crippen molar-refractivity contribution in [1.82, 2.24) is 9.97 Å². The number of carbonyl (C=O) groups excluding carboxylic acids is 1. The third-order valence-electron chi connectivity index (χ3n) is 5.33. The number of hydrogen-bond donors (Lipinski definition) is 2. The molecule has 2 N–H and O–H groups in total. The summed E-state index contributed by atoms with van der Waals surface area (Å²) in [5.74, 6) is 6.20. The van der Waals surface area contributed by atoms with E-state index < -0.39 is 17.6 Å². The van der Waals surface area contributed by atoms with Gasteiger partial charge >= 0.3 is 6.18 Å². The zero-order chi connectivity index (χ0) is 27.8. The summed E-state index contributed by atoms with van der Waals surface area (Å²) in [6.07, 6.45) is -2.50. The molecular weight excluding hydrogens is 643 g/mol. The van der Waals surface area contributed by atoms with Gasteiger partial charge in [-0.3, -0.25) is 4.79 Å². The van der Waals surface area contributed by atoms with Gasteiger partial charge < -0.3 is 19.9 Å². The molecule has 0 fully saturated rings. The maximum absolute atomic E-state index is 12.8. The Morgan fingerprint density at radius 2 is 1.82 bits per heavy atom. The maximum atomic E-state index is 12.8. The molecule has 0 saturated carbocycles. The smallest absolute Gasteiger partial charge is 0.416 e. The fourth-order valence-electron chi connectivity index (χ4n) is 3.50. The first-order chi connectivity index (χ1) is 18.7. The third-order valence-corrected chi connectivity index (χ3v) is 6.57. The summed E-state index contributed by atoms with van der Waals surface area (Å²) < 4.78 is 49.4. The number of aromatic nitrogens is 2. The molecule has 200 valence electrons. The van der Waals surface area contributed by atoms with Crippen LogP contribution < -0.4 is 15.4 Å². The monoisotopic (exact) mass is 664 g/mol. The number of fused-ring (bicyclic) bond motifs is 1. The van der Waals surface area contributed by atoms with Crippen molar-refractivity contribution in [1.29, 1.82) is 0 Å². The number of ether oxygens (including phenoxy) is 1. The summed E-state index contributed by atoms with van der Waals surface area (Å²) in [6, 6.07) is 15.1. The van der Waals surface area contributed by atoms with Gasteiger partial charge in [-0.05, 0) is 101 Å². The van der Waals surface area contributed by atoms with Gasteiger partial charge in [-0.2, -0.15) is 13.2 Å². The highest BCUT2D eigenvalue weighted by molar-refractivity contribution is 14.2. The molecule has 1 aromatic heterocycles. The largest absolute Gasteiger partial charge is 0.457 e. The number of hydrogen-bond acceptors (Lipinski definition) is 6. The lowest BCUT2D eigenvalue weighted by Gasteiger charge is -2.13. The van der Waals surface area contributed by atoms with Gasteiger partial charge in [0.15, 0.2) is 0 Å². The highest BCUT2D eigenvalue weighted by Crippen LogP contribution is 2.33. The van der Waals surface area contributed by atoms with Gasteiger partial charge in [0.2, 0.25) is 0 Å². The Bertz CT molecular complexity index is 1540. The number of aryl methyl sites for hydroxylation is 1. The van der Waals surface area contributed by atoms with Gasteiger partial charge in [0.25, 0.3) is 5.91 Å². The minimum atomic E-state index is -4.41. The van der Waals surface area contributed by atoms with Crippen LogP contribution in [0.3, 0.4) is 0 Å². The molecule has 4 rings (SSSR count). The Morgan fingerprint density at radius 3 is 2.54 bits per heavy atom. The molecular formula is C27H21F3IN4O3P. The van der Waals surface area contributed by atoms with Crippen molar-refractivity contribution in [3.63, 3.8) is 0 Å². The number of anilines is 3. The molecule has 0 radical (unpaired) electrons. The predicted octanol–water partition coefficient (Wildman–Crippen LogP) is 7.79. The van der Waals surface area contributed by atoms with Gasteiger partial charge in [0.05, 0.1) is 24.1 Å². The number of rotatable bonds is 8. The van der Waals surface area contributed by atoms with E-state index in [0.29, 0.717) is 59.1 Å². The second-order valence-electron chi connectivity index (χ2n) is 8.12. The van der Waals surface area contributed by atoms with E-state index in [1.165, 1.54) is 18.5 Å². The van der Waals surface area contributed by atoms with Crippen molar-refractivity contribution in [2.45, 2.75) is 19.5 Å². The van der Waals surface area contributed by atoms with E-state index in [1.807, 2.05) is 13.0 Å². The van der Waals surface area contributed by atoms with Gasteiger partial charge in [-0.15, -0.1) is 0 Å².